The summed E-state index contributed by atoms with van der Waals surface area (Å²) in [7, 11) is 0. The molecule has 32 heavy (non-hydrogen) atoms. The molecule has 0 unspecified atom stereocenters. The highest BCUT2D eigenvalue weighted by atomic mass is 16.7. The Hall–Kier alpha value is -2.76. The van der Waals surface area contributed by atoms with Gasteiger partial charge in [0.05, 0.1) is 13.2 Å². The maximum absolute atomic E-state index is 12.9. The van der Waals surface area contributed by atoms with Gasteiger partial charge in [-0.2, -0.15) is 0 Å². The van der Waals surface area contributed by atoms with E-state index < -0.39 is 0 Å². The Morgan fingerprint density at radius 3 is 2.59 bits per heavy atom. The molecule has 0 bridgehead atoms. The van der Waals surface area contributed by atoms with Gasteiger partial charge in [0.25, 0.3) is 0 Å². The first-order chi connectivity index (χ1) is 15.6. The number of carbonyl (C=O) groups is 1. The van der Waals surface area contributed by atoms with Crippen molar-refractivity contribution in [1.82, 2.24) is 4.98 Å². The van der Waals surface area contributed by atoms with Crippen molar-refractivity contribution >= 4 is 22.4 Å². The zero-order chi connectivity index (χ0) is 22.0. The number of ketones is 1. The van der Waals surface area contributed by atoms with Crippen molar-refractivity contribution in [2.24, 2.45) is 0 Å². The molecule has 1 aliphatic heterocycles. The molecule has 2 heterocycles. The summed E-state index contributed by atoms with van der Waals surface area (Å²) in [6, 6.07) is 16.6. The Labute approximate surface area is 189 Å². The van der Waals surface area contributed by atoms with E-state index in [4.69, 9.17) is 9.47 Å². The van der Waals surface area contributed by atoms with Gasteiger partial charge < -0.3 is 14.8 Å². The maximum atomic E-state index is 12.9. The lowest BCUT2D eigenvalue weighted by Gasteiger charge is -2.35. The Morgan fingerprint density at radius 2 is 1.84 bits per heavy atom. The molecule has 0 amide bonds. The number of nitrogens with zero attached hydrogens (tertiary/aromatic N) is 1. The summed E-state index contributed by atoms with van der Waals surface area (Å²) in [4.78, 5) is 17.5. The lowest BCUT2D eigenvalue weighted by molar-refractivity contribution is -0.177. The van der Waals surface area contributed by atoms with Crippen molar-refractivity contribution in [3.8, 4) is 0 Å². The van der Waals surface area contributed by atoms with Crippen molar-refractivity contribution in [3.05, 3.63) is 71.4 Å². The van der Waals surface area contributed by atoms with Gasteiger partial charge >= 0.3 is 0 Å². The molecule has 5 rings (SSSR count). The summed E-state index contributed by atoms with van der Waals surface area (Å²) >= 11 is 0. The lowest BCUT2D eigenvalue weighted by Crippen LogP contribution is -2.39. The van der Waals surface area contributed by atoms with Gasteiger partial charge in [0.2, 0.25) is 0 Å². The molecule has 2 fully saturated rings. The monoisotopic (exact) mass is 430 g/mol. The average Bonchev–Trinajstić information content (AvgIpc) is 3.27. The number of hydrogen-bond donors (Lipinski definition) is 1. The van der Waals surface area contributed by atoms with Crippen LogP contribution in [0.4, 0.5) is 5.82 Å². The highest BCUT2D eigenvalue weighted by Gasteiger charge is 2.40. The minimum absolute atomic E-state index is 0.180. The maximum Gasteiger partial charge on any atom is 0.168 e. The zero-order valence-corrected chi connectivity index (χ0v) is 18.6. The molecule has 1 spiro atoms. The van der Waals surface area contributed by atoms with Crippen LogP contribution < -0.4 is 5.32 Å². The van der Waals surface area contributed by atoms with Crippen molar-refractivity contribution in [1.29, 1.82) is 0 Å². The summed E-state index contributed by atoms with van der Waals surface area (Å²) in [6.45, 7) is 3.46. The normalized spacial score (nSPS) is 18.3. The van der Waals surface area contributed by atoms with E-state index in [-0.39, 0.29) is 11.6 Å². The van der Waals surface area contributed by atoms with Crippen LogP contribution in [-0.4, -0.2) is 35.8 Å². The van der Waals surface area contributed by atoms with Crippen molar-refractivity contribution in [2.45, 2.75) is 57.3 Å². The first-order valence-corrected chi connectivity index (χ1v) is 11.6. The van der Waals surface area contributed by atoms with Gasteiger partial charge in [0.1, 0.15) is 5.82 Å². The predicted molar refractivity (Wildman–Crippen MR) is 126 cm³/mol. The van der Waals surface area contributed by atoms with Gasteiger partial charge in [-0.05, 0) is 60.9 Å². The van der Waals surface area contributed by atoms with Crippen molar-refractivity contribution < 1.29 is 14.3 Å². The van der Waals surface area contributed by atoms with Crippen LogP contribution in [0.5, 0.6) is 0 Å². The molecular formula is C27H30N2O3. The third-order valence-electron chi connectivity index (χ3n) is 6.76. The predicted octanol–water partition coefficient (Wildman–Crippen LogP) is 5.46. The van der Waals surface area contributed by atoms with Crippen LogP contribution in [0, 0.1) is 6.92 Å². The van der Waals surface area contributed by atoms with E-state index >= 15 is 0 Å². The molecule has 3 aromatic rings. The molecule has 166 valence electrons. The Balaban J connectivity index is 1.28. The fraction of sp³-hybridized carbons (Fsp3) is 0.407. The number of aryl methyl sites for hydroxylation is 2. The van der Waals surface area contributed by atoms with E-state index in [1.165, 1.54) is 5.56 Å². The largest absolute Gasteiger partial charge is 0.367 e. The first kappa shape index (κ1) is 21.1. The topological polar surface area (TPSA) is 60.5 Å². The number of benzene rings is 2. The molecule has 0 radical (unpaired) electrons. The van der Waals surface area contributed by atoms with Gasteiger partial charge in [-0.15, -0.1) is 0 Å². The molecule has 0 atom stereocenters. The second-order valence-corrected chi connectivity index (χ2v) is 9.02. The van der Waals surface area contributed by atoms with Gasteiger partial charge in [-0.1, -0.05) is 30.3 Å². The molecule has 1 saturated carbocycles. The van der Waals surface area contributed by atoms with Crippen LogP contribution in [0.3, 0.4) is 0 Å². The highest BCUT2D eigenvalue weighted by Crippen LogP contribution is 2.36. The standard InChI is InChI=1S/C27H30N2O3/c1-19-15-22(25(30)8-7-20-5-3-2-4-6-20)16-21-17-26(28-18-24(19)21)29-23-9-11-27(12-10-23)31-13-14-32-27/h2-6,15-18,23H,7-14H2,1H3,(H,28,29). The zero-order valence-electron chi connectivity index (χ0n) is 18.6. The molecule has 5 nitrogen and oxygen atoms in total. The van der Waals surface area contributed by atoms with Crippen molar-refractivity contribution in [3.63, 3.8) is 0 Å². The van der Waals surface area contributed by atoms with E-state index in [2.05, 4.69) is 28.5 Å². The lowest BCUT2D eigenvalue weighted by atomic mass is 9.90. The molecule has 1 aromatic heterocycles. The summed E-state index contributed by atoms with van der Waals surface area (Å²) in [5.74, 6) is 0.695. The third-order valence-corrected chi connectivity index (χ3v) is 6.76. The molecule has 5 heteroatoms. The molecule has 1 aliphatic carbocycles. The smallest absolute Gasteiger partial charge is 0.168 e. The fourth-order valence-electron chi connectivity index (χ4n) is 4.92. The van der Waals surface area contributed by atoms with Gasteiger partial charge in [0.15, 0.2) is 11.6 Å². The fourth-order valence-corrected chi connectivity index (χ4v) is 4.92. The van der Waals surface area contributed by atoms with E-state index in [1.54, 1.807) is 0 Å². The minimum atomic E-state index is -0.346. The van der Waals surface area contributed by atoms with Crippen LogP contribution in [0.2, 0.25) is 0 Å². The Bertz CT molecular complexity index is 1100. The minimum Gasteiger partial charge on any atom is -0.367 e. The molecule has 2 aromatic carbocycles. The van der Waals surface area contributed by atoms with Crippen LogP contribution in [0.15, 0.2) is 54.7 Å². The van der Waals surface area contributed by atoms with Crippen LogP contribution in [0.25, 0.3) is 10.8 Å². The first-order valence-electron chi connectivity index (χ1n) is 11.6. The number of aromatic nitrogens is 1. The number of carbonyl (C=O) groups excluding carboxylic acids is 1. The molecule has 2 aliphatic rings. The van der Waals surface area contributed by atoms with Gasteiger partial charge in [-0.25, -0.2) is 4.98 Å². The van der Waals surface area contributed by atoms with E-state index in [9.17, 15) is 4.79 Å². The highest BCUT2D eigenvalue weighted by molar-refractivity contribution is 6.01. The summed E-state index contributed by atoms with van der Waals surface area (Å²) < 4.78 is 11.7. The number of hydrogen-bond acceptors (Lipinski definition) is 5. The van der Waals surface area contributed by atoms with E-state index in [1.807, 2.05) is 43.5 Å². The van der Waals surface area contributed by atoms with E-state index in [0.29, 0.717) is 25.7 Å². The number of ether oxygens (including phenoxy) is 2. The van der Waals surface area contributed by atoms with Crippen LogP contribution in [0.1, 0.15) is 53.6 Å². The summed E-state index contributed by atoms with van der Waals surface area (Å²) in [5, 5.41) is 5.73. The number of Topliss-reactive ketones (excluding diaryl/α,β-unsaturated/α-hetero) is 1. The van der Waals surface area contributed by atoms with Gasteiger partial charge in [0, 0.05) is 42.5 Å². The SMILES string of the molecule is Cc1cc(C(=O)CCc2ccccc2)cc2cc(NC3CCC4(CC3)OCCO4)ncc12. The second kappa shape index (κ2) is 9.00. The van der Waals surface area contributed by atoms with Crippen LogP contribution in [-0.2, 0) is 15.9 Å². The number of pyridine rings is 1. The Morgan fingerprint density at radius 1 is 1.09 bits per heavy atom. The van der Waals surface area contributed by atoms with Crippen LogP contribution >= 0.6 is 0 Å². The number of fused-ring (bicyclic) bond motifs is 1. The Kier molecular flexibility index (Phi) is 5.94. The van der Waals surface area contributed by atoms with E-state index in [0.717, 1.165) is 59.8 Å². The molecule has 1 N–H and O–H groups in total. The number of anilines is 1. The quantitative estimate of drug-likeness (QED) is 0.527. The van der Waals surface area contributed by atoms with Gasteiger partial charge in [-0.3, -0.25) is 4.79 Å². The third kappa shape index (κ3) is 4.54. The molecule has 1 saturated heterocycles. The number of nitrogens with one attached hydrogen (secondary N) is 1. The molecular weight excluding hydrogens is 400 g/mol. The van der Waals surface area contributed by atoms with Crippen molar-refractivity contribution in [2.75, 3.05) is 18.5 Å². The average molecular weight is 431 g/mol. The number of rotatable bonds is 6. The second-order valence-electron chi connectivity index (χ2n) is 9.02. The summed E-state index contributed by atoms with van der Waals surface area (Å²) in [5.41, 5.74) is 3.05. The summed E-state index contributed by atoms with van der Waals surface area (Å²) in [6.07, 6.45) is 7.01.